The number of nitrogens with zero attached hydrogens (tertiary/aromatic N) is 1. The smallest absolute Gasteiger partial charge is 0.266 e. The maximum Gasteiger partial charge on any atom is 0.266 e. The molecule has 6 heteroatoms. The Bertz CT molecular complexity index is 876. The molecular formula is C19H16I2N2O2. The molecule has 0 fully saturated rings. The van der Waals surface area contributed by atoms with E-state index in [0.29, 0.717) is 5.69 Å². The third-order valence-electron chi connectivity index (χ3n) is 3.54. The Kier molecular flexibility index (Phi) is 6.84. The standard InChI is InChI=1S/C19H16I2N2O2/c1-11-4-5-12(2)17(6-11)23-19(24)14(10-22)7-13-8-15(20)18(25-3)16(21)9-13/h4-9H,1-3H3,(H,23,24)/b14-7+. The fourth-order valence-electron chi connectivity index (χ4n) is 2.23. The van der Waals surface area contributed by atoms with Crippen molar-refractivity contribution in [2.75, 3.05) is 12.4 Å². The van der Waals surface area contributed by atoms with E-state index >= 15 is 0 Å². The Morgan fingerprint density at radius 1 is 1.20 bits per heavy atom. The number of carbonyl (C=O) groups is 1. The van der Waals surface area contributed by atoms with Crippen LogP contribution in [0.4, 0.5) is 5.69 Å². The van der Waals surface area contributed by atoms with Crippen molar-refractivity contribution in [3.63, 3.8) is 0 Å². The maximum absolute atomic E-state index is 12.5. The van der Waals surface area contributed by atoms with Crippen molar-refractivity contribution in [3.8, 4) is 11.8 Å². The lowest BCUT2D eigenvalue weighted by molar-refractivity contribution is -0.112. The largest absolute Gasteiger partial charge is 0.495 e. The van der Waals surface area contributed by atoms with Crippen LogP contribution in [0.3, 0.4) is 0 Å². The first-order valence-corrected chi connectivity index (χ1v) is 9.55. The number of carbonyl (C=O) groups excluding carboxylic acids is 1. The maximum atomic E-state index is 12.5. The SMILES string of the molecule is COc1c(I)cc(/C=C(\C#N)C(=O)Nc2cc(C)ccc2C)cc1I. The van der Waals surface area contributed by atoms with E-state index in [9.17, 15) is 10.1 Å². The lowest BCUT2D eigenvalue weighted by Crippen LogP contribution is -2.14. The zero-order chi connectivity index (χ0) is 18.6. The molecule has 0 aliphatic heterocycles. The van der Waals surface area contributed by atoms with Crippen LogP contribution in [-0.4, -0.2) is 13.0 Å². The van der Waals surface area contributed by atoms with Crippen LogP contribution in [0.5, 0.6) is 5.75 Å². The van der Waals surface area contributed by atoms with Gasteiger partial charge in [0, 0.05) is 5.69 Å². The van der Waals surface area contributed by atoms with Gasteiger partial charge in [-0.05, 0) is 100.0 Å². The lowest BCUT2D eigenvalue weighted by Gasteiger charge is -2.10. The number of aryl methyl sites for hydroxylation is 2. The van der Waals surface area contributed by atoms with Gasteiger partial charge in [0.15, 0.2) is 0 Å². The highest BCUT2D eigenvalue weighted by Gasteiger charge is 2.13. The molecule has 0 unspecified atom stereocenters. The number of ether oxygens (including phenoxy) is 1. The molecule has 0 heterocycles. The molecule has 0 aliphatic carbocycles. The summed E-state index contributed by atoms with van der Waals surface area (Å²) in [6.45, 7) is 3.87. The predicted octanol–water partition coefficient (Wildman–Crippen LogP) is 5.07. The monoisotopic (exact) mass is 558 g/mol. The van der Waals surface area contributed by atoms with E-state index in [0.717, 1.165) is 29.6 Å². The first kappa shape index (κ1) is 19.7. The molecule has 128 valence electrons. The van der Waals surface area contributed by atoms with Crippen molar-refractivity contribution in [2.45, 2.75) is 13.8 Å². The molecule has 0 saturated carbocycles. The summed E-state index contributed by atoms with van der Waals surface area (Å²) in [4.78, 5) is 12.5. The van der Waals surface area contributed by atoms with Gasteiger partial charge < -0.3 is 10.1 Å². The molecule has 0 aromatic heterocycles. The summed E-state index contributed by atoms with van der Waals surface area (Å²) in [6.07, 6.45) is 1.59. The highest BCUT2D eigenvalue weighted by atomic mass is 127. The number of benzene rings is 2. The topological polar surface area (TPSA) is 62.1 Å². The molecule has 0 atom stereocenters. The van der Waals surface area contributed by atoms with Crippen LogP contribution < -0.4 is 10.1 Å². The number of halogens is 2. The quantitative estimate of drug-likeness (QED) is 0.324. The van der Waals surface area contributed by atoms with Crippen molar-refractivity contribution in [1.82, 2.24) is 0 Å². The van der Waals surface area contributed by atoms with Gasteiger partial charge in [-0.15, -0.1) is 0 Å². The Morgan fingerprint density at radius 2 is 1.84 bits per heavy atom. The van der Waals surface area contributed by atoms with Gasteiger partial charge in [0.1, 0.15) is 17.4 Å². The van der Waals surface area contributed by atoms with E-state index in [-0.39, 0.29) is 5.57 Å². The Hall–Kier alpha value is -1.60. The first-order chi connectivity index (χ1) is 11.8. The number of methoxy groups -OCH3 is 1. The van der Waals surface area contributed by atoms with E-state index in [1.165, 1.54) is 0 Å². The van der Waals surface area contributed by atoms with Crippen LogP contribution in [0.15, 0.2) is 35.9 Å². The second-order valence-electron chi connectivity index (χ2n) is 5.46. The fourth-order valence-corrected chi connectivity index (χ4v) is 4.49. The number of amides is 1. The molecule has 1 N–H and O–H groups in total. The van der Waals surface area contributed by atoms with E-state index in [1.54, 1.807) is 13.2 Å². The predicted molar refractivity (Wildman–Crippen MR) is 117 cm³/mol. The Morgan fingerprint density at radius 3 is 2.40 bits per heavy atom. The average Bonchev–Trinajstić information content (AvgIpc) is 2.55. The molecule has 0 saturated heterocycles. The van der Waals surface area contributed by atoms with Gasteiger partial charge in [0.05, 0.1) is 14.3 Å². The van der Waals surface area contributed by atoms with Crippen LogP contribution in [-0.2, 0) is 4.79 Å². The van der Waals surface area contributed by atoms with E-state index in [2.05, 4.69) is 50.5 Å². The second kappa shape index (κ2) is 8.67. The van der Waals surface area contributed by atoms with Crippen LogP contribution in [0.25, 0.3) is 6.08 Å². The van der Waals surface area contributed by atoms with Crippen LogP contribution in [0, 0.1) is 32.3 Å². The van der Waals surface area contributed by atoms with Crippen molar-refractivity contribution < 1.29 is 9.53 Å². The summed E-state index contributed by atoms with van der Waals surface area (Å²) in [5.41, 5.74) is 3.54. The molecule has 0 bridgehead atoms. The summed E-state index contributed by atoms with van der Waals surface area (Å²) in [5.74, 6) is 0.369. The van der Waals surface area contributed by atoms with Crippen molar-refractivity contribution in [1.29, 1.82) is 5.26 Å². The number of anilines is 1. The molecule has 0 radical (unpaired) electrons. The first-order valence-electron chi connectivity index (χ1n) is 7.39. The summed E-state index contributed by atoms with van der Waals surface area (Å²) >= 11 is 4.34. The molecule has 0 aliphatic rings. The van der Waals surface area contributed by atoms with Gasteiger partial charge in [-0.3, -0.25) is 4.79 Å². The van der Waals surface area contributed by atoms with Gasteiger partial charge >= 0.3 is 0 Å². The minimum Gasteiger partial charge on any atom is -0.495 e. The van der Waals surface area contributed by atoms with Crippen molar-refractivity contribution >= 4 is 62.9 Å². The number of rotatable bonds is 4. The number of hydrogen-bond donors (Lipinski definition) is 1. The van der Waals surface area contributed by atoms with Gasteiger partial charge in [-0.1, -0.05) is 12.1 Å². The molecule has 2 aromatic carbocycles. The van der Waals surface area contributed by atoms with Crippen LogP contribution in [0.1, 0.15) is 16.7 Å². The molecule has 2 rings (SSSR count). The third-order valence-corrected chi connectivity index (χ3v) is 5.14. The number of nitrogens with one attached hydrogen (secondary N) is 1. The second-order valence-corrected chi connectivity index (χ2v) is 7.78. The highest BCUT2D eigenvalue weighted by molar-refractivity contribution is 14.1. The molecule has 4 nitrogen and oxygen atoms in total. The summed E-state index contributed by atoms with van der Waals surface area (Å²) < 4.78 is 7.18. The summed E-state index contributed by atoms with van der Waals surface area (Å²) in [6, 6.07) is 11.6. The molecular weight excluding hydrogens is 542 g/mol. The Labute approximate surface area is 174 Å². The zero-order valence-corrected chi connectivity index (χ0v) is 18.3. The van der Waals surface area contributed by atoms with E-state index in [4.69, 9.17) is 4.74 Å². The summed E-state index contributed by atoms with van der Waals surface area (Å²) in [5, 5.41) is 12.2. The minimum atomic E-state index is -0.419. The van der Waals surface area contributed by atoms with Gasteiger partial charge in [0.2, 0.25) is 0 Å². The highest BCUT2D eigenvalue weighted by Crippen LogP contribution is 2.29. The molecule has 0 spiro atoms. The minimum absolute atomic E-state index is 0.0534. The van der Waals surface area contributed by atoms with Gasteiger partial charge in [-0.25, -0.2) is 0 Å². The van der Waals surface area contributed by atoms with Gasteiger partial charge in [-0.2, -0.15) is 5.26 Å². The van der Waals surface area contributed by atoms with Crippen molar-refractivity contribution in [2.24, 2.45) is 0 Å². The lowest BCUT2D eigenvalue weighted by atomic mass is 10.1. The average molecular weight is 558 g/mol. The third kappa shape index (κ3) is 4.95. The number of nitriles is 1. The van der Waals surface area contributed by atoms with E-state index < -0.39 is 5.91 Å². The van der Waals surface area contributed by atoms with E-state index in [1.807, 2.05) is 50.2 Å². The van der Waals surface area contributed by atoms with Crippen LogP contribution >= 0.6 is 45.2 Å². The van der Waals surface area contributed by atoms with Gasteiger partial charge in [0.25, 0.3) is 5.91 Å². The van der Waals surface area contributed by atoms with Crippen molar-refractivity contribution in [3.05, 3.63) is 59.7 Å². The normalized spacial score (nSPS) is 11.0. The zero-order valence-electron chi connectivity index (χ0n) is 14.0. The molecule has 1 amide bonds. The fraction of sp³-hybridized carbons (Fsp3) is 0.158. The Balaban J connectivity index is 2.33. The molecule has 25 heavy (non-hydrogen) atoms. The summed E-state index contributed by atoms with van der Waals surface area (Å²) in [7, 11) is 1.62. The molecule has 2 aromatic rings. The number of hydrogen-bond acceptors (Lipinski definition) is 3. The van der Waals surface area contributed by atoms with Crippen LogP contribution in [0.2, 0.25) is 0 Å².